The van der Waals surface area contributed by atoms with E-state index >= 15 is 0 Å². The summed E-state index contributed by atoms with van der Waals surface area (Å²) in [5, 5.41) is 15.3. The third kappa shape index (κ3) is 3.71. The number of aliphatic hydroxyl groups excluding tert-OH is 1. The van der Waals surface area contributed by atoms with E-state index < -0.39 is 24.1 Å². The summed E-state index contributed by atoms with van der Waals surface area (Å²) < 4.78 is 21.3. The number of hydrogen-bond acceptors (Lipinski definition) is 10. The van der Waals surface area contributed by atoms with Crippen LogP contribution in [0.4, 0.5) is 11.4 Å². The number of ether oxygens (including phenoxy) is 3. The Hall–Kier alpha value is -4.15. The van der Waals surface area contributed by atoms with E-state index in [0.717, 1.165) is 0 Å². The number of nitrogens with zero attached hydrogens (tertiary/aromatic N) is 2. The van der Waals surface area contributed by atoms with Gasteiger partial charge in [-0.05, 0) is 41.8 Å². The van der Waals surface area contributed by atoms with Gasteiger partial charge in [-0.1, -0.05) is 6.07 Å². The molecule has 1 aliphatic heterocycles. The average Bonchev–Trinajstić information content (AvgIpc) is 3.54. The lowest BCUT2D eigenvalue weighted by Crippen LogP contribution is -2.30. The first-order chi connectivity index (χ1) is 17.5. The number of furan rings is 1. The molecule has 0 saturated heterocycles. The van der Waals surface area contributed by atoms with Gasteiger partial charge in [0.1, 0.15) is 29.1 Å². The molecule has 0 amide bonds. The second-order valence-corrected chi connectivity index (χ2v) is 8.66. The first-order valence-electron chi connectivity index (χ1n) is 10.9. The number of benzene rings is 1. The van der Waals surface area contributed by atoms with Gasteiger partial charge in [-0.2, -0.15) is 11.3 Å². The maximum Gasteiger partial charge on any atom is 0.374 e. The Morgan fingerprint density at radius 2 is 1.78 bits per heavy atom. The van der Waals surface area contributed by atoms with Crippen molar-refractivity contribution in [2.45, 2.75) is 12.1 Å². The maximum absolute atomic E-state index is 13.1. The van der Waals surface area contributed by atoms with Crippen LogP contribution >= 0.6 is 11.3 Å². The number of methoxy groups -OCH3 is 3. The number of thiophene rings is 1. The molecule has 1 aliphatic rings. The van der Waals surface area contributed by atoms with Crippen molar-refractivity contribution in [1.82, 2.24) is 4.98 Å². The zero-order valence-electron chi connectivity index (χ0n) is 19.6. The fraction of sp³-hybridized carbons (Fsp3) is 0.192. The maximum atomic E-state index is 13.1. The topological polar surface area (TPSA) is 111 Å². The largest absolute Gasteiger partial charge is 0.497 e. The standard InChI is InChI=1S/C26H22N2O7S/c1-32-15-9-7-14(8-10-15)28-20(18-6-4-5-11-27-18)22(29)16-12-36-13-17(16)23-21(28)19(25(30)33-2)24(35-23)26(31)34-3/h4-13,20,22,29H,1-3H3/t20-,22+/m0/s1. The van der Waals surface area contributed by atoms with Crippen LogP contribution in [0.5, 0.6) is 5.75 Å². The molecule has 0 unspecified atom stereocenters. The number of hydrogen-bond donors (Lipinski definition) is 1. The van der Waals surface area contributed by atoms with Crippen molar-refractivity contribution in [2.75, 3.05) is 26.2 Å². The van der Waals surface area contributed by atoms with Crippen LogP contribution in [0.15, 0.2) is 63.8 Å². The summed E-state index contributed by atoms with van der Waals surface area (Å²) in [6.07, 6.45) is 0.573. The average molecular weight is 507 g/mol. The fourth-order valence-electron chi connectivity index (χ4n) is 4.41. The molecule has 1 N–H and O–H groups in total. The summed E-state index contributed by atoms with van der Waals surface area (Å²) in [6.45, 7) is 0. The van der Waals surface area contributed by atoms with E-state index in [0.29, 0.717) is 28.3 Å². The number of fused-ring (bicyclic) bond motifs is 3. The lowest BCUT2D eigenvalue weighted by Gasteiger charge is -2.35. The molecule has 4 aromatic rings. The molecule has 0 saturated carbocycles. The highest BCUT2D eigenvalue weighted by Gasteiger charge is 2.44. The number of carbonyl (C=O) groups excluding carboxylic acids is 2. The summed E-state index contributed by atoms with van der Waals surface area (Å²) >= 11 is 1.37. The molecule has 0 fully saturated rings. The van der Waals surface area contributed by atoms with Crippen molar-refractivity contribution in [1.29, 1.82) is 0 Å². The third-order valence-electron chi connectivity index (χ3n) is 6.06. The van der Waals surface area contributed by atoms with Gasteiger partial charge < -0.3 is 28.6 Å². The molecule has 0 bridgehead atoms. The number of aliphatic hydroxyl groups is 1. The van der Waals surface area contributed by atoms with Crippen molar-refractivity contribution in [2.24, 2.45) is 0 Å². The van der Waals surface area contributed by atoms with Gasteiger partial charge in [-0.3, -0.25) is 4.98 Å². The van der Waals surface area contributed by atoms with Gasteiger partial charge in [0.15, 0.2) is 5.76 Å². The van der Waals surface area contributed by atoms with Crippen molar-refractivity contribution in [3.63, 3.8) is 0 Å². The molecule has 3 aromatic heterocycles. The minimum atomic E-state index is -1.06. The summed E-state index contributed by atoms with van der Waals surface area (Å²) in [7, 11) is 3.98. The van der Waals surface area contributed by atoms with Crippen LogP contribution in [-0.4, -0.2) is 43.4 Å². The number of esters is 2. The summed E-state index contributed by atoms with van der Waals surface area (Å²) in [5.41, 5.74) is 2.43. The predicted molar refractivity (Wildman–Crippen MR) is 132 cm³/mol. The molecule has 0 aliphatic carbocycles. The van der Waals surface area contributed by atoms with E-state index in [1.807, 2.05) is 11.4 Å². The molecular formula is C26H22N2O7S. The summed E-state index contributed by atoms with van der Waals surface area (Å²) in [6, 6.07) is 11.7. The van der Waals surface area contributed by atoms with E-state index in [4.69, 9.17) is 18.6 Å². The van der Waals surface area contributed by atoms with Gasteiger partial charge in [-0.15, -0.1) is 0 Å². The first-order valence-corrected chi connectivity index (χ1v) is 11.9. The molecule has 2 atom stereocenters. The van der Waals surface area contributed by atoms with Crippen molar-refractivity contribution >= 4 is 34.7 Å². The van der Waals surface area contributed by atoms with Crippen LogP contribution < -0.4 is 9.64 Å². The molecule has 4 heterocycles. The van der Waals surface area contributed by atoms with E-state index in [1.54, 1.807) is 60.0 Å². The molecule has 10 heteroatoms. The predicted octanol–water partition coefficient (Wildman–Crippen LogP) is 4.91. The first kappa shape index (κ1) is 23.6. The minimum absolute atomic E-state index is 0.109. The van der Waals surface area contributed by atoms with Gasteiger partial charge in [0.2, 0.25) is 5.76 Å². The number of aromatic nitrogens is 1. The van der Waals surface area contributed by atoms with Crippen LogP contribution in [0, 0.1) is 0 Å². The molecular weight excluding hydrogens is 484 g/mol. The second kappa shape index (κ2) is 9.48. The second-order valence-electron chi connectivity index (χ2n) is 7.92. The van der Waals surface area contributed by atoms with E-state index in [9.17, 15) is 14.7 Å². The van der Waals surface area contributed by atoms with Crippen molar-refractivity contribution < 1.29 is 33.3 Å². The lowest BCUT2D eigenvalue weighted by molar-refractivity contribution is 0.0529. The van der Waals surface area contributed by atoms with Gasteiger partial charge in [-0.25, -0.2) is 9.59 Å². The Bertz CT molecular complexity index is 1410. The van der Waals surface area contributed by atoms with Gasteiger partial charge in [0, 0.05) is 28.4 Å². The van der Waals surface area contributed by atoms with Crippen LogP contribution in [0.3, 0.4) is 0 Å². The molecule has 5 rings (SSSR count). The van der Waals surface area contributed by atoms with E-state index in [-0.39, 0.29) is 22.8 Å². The normalized spacial score (nSPS) is 16.5. The van der Waals surface area contributed by atoms with Crippen LogP contribution in [0.2, 0.25) is 0 Å². The minimum Gasteiger partial charge on any atom is -0.497 e. The Labute approximate surface area is 210 Å². The SMILES string of the molecule is COC(=O)c1oc2c(c1C(=O)OC)N(c1ccc(OC)cc1)[C@@H](c1ccccn1)[C@H](O)c1cscc1-2. The lowest BCUT2D eigenvalue weighted by atomic mass is 9.98. The van der Waals surface area contributed by atoms with Crippen LogP contribution in [0.25, 0.3) is 11.3 Å². The Balaban J connectivity index is 1.90. The Morgan fingerprint density at radius 3 is 2.42 bits per heavy atom. The number of carbonyl (C=O) groups is 2. The third-order valence-corrected chi connectivity index (χ3v) is 6.82. The van der Waals surface area contributed by atoms with Crippen molar-refractivity contribution in [3.05, 3.63) is 82.0 Å². The highest BCUT2D eigenvalue weighted by molar-refractivity contribution is 7.08. The Morgan fingerprint density at radius 1 is 1.03 bits per heavy atom. The van der Waals surface area contributed by atoms with Gasteiger partial charge in [0.05, 0.1) is 27.0 Å². The molecule has 0 radical (unpaired) electrons. The number of pyridine rings is 1. The smallest absolute Gasteiger partial charge is 0.374 e. The molecule has 0 spiro atoms. The molecule has 1 aromatic carbocycles. The summed E-state index contributed by atoms with van der Waals surface area (Å²) in [4.78, 5) is 32.1. The molecule has 9 nitrogen and oxygen atoms in total. The monoisotopic (exact) mass is 506 g/mol. The molecule has 36 heavy (non-hydrogen) atoms. The number of anilines is 2. The van der Waals surface area contributed by atoms with Gasteiger partial charge >= 0.3 is 11.9 Å². The van der Waals surface area contributed by atoms with Crippen LogP contribution in [-0.2, 0) is 9.47 Å². The number of rotatable bonds is 5. The Kier molecular flexibility index (Phi) is 6.21. The van der Waals surface area contributed by atoms with Crippen molar-refractivity contribution in [3.8, 4) is 17.1 Å². The fourth-order valence-corrected chi connectivity index (χ4v) is 5.27. The quantitative estimate of drug-likeness (QED) is 0.377. The van der Waals surface area contributed by atoms with E-state index in [1.165, 1.54) is 25.6 Å². The zero-order valence-corrected chi connectivity index (χ0v) is 20.4. The highest BCUT2D eigenvalue weighted by atomic mass is 32.1. The van der Waals surface area contributed by atoms with Gasteiger partial charge in [0.25, 0.3) is 0 Å². The zero-order chi connectivity index (χ0) is 25.4. The summed E-state index contributed by atoms with van der Waals surface area (Å²) in [5.74, 6) is -1.05. The molecule has 184 valence electrons. The highest BCUT2D eigenvalue weighted by Crippen LogP contribution is 2.54. The van der Waals surface area contributed by atoms with E-state index in [2.05, 4.69) is 4.98 Å². The van der Waals surface area contributed by atoms with Crippen LogP contribution in [0.1, 0.15) is 44.3 Å².